The van der Waals surface area contributed by atoms with Crippen LogP contribution in [0, 0.1) is 34.5 Å². The zero-order chi connectivity index (χ0) is 26.8. The van der Waals surface area contributed by atoms with Gasteiger partial charge in [0.1, 0.15) is 6.10 Å². The summed E-state index contributed by atoms with van der Waals surface area (Å²) >= 11 is 0. The summed E-state index contributed by atoms with van der Waals surface area (Å²) in [6.45, 7) is 19.1. The predicted octanol–water partition coefficient (Wildman–Crippen LogP) is 5.72. The Morgan fingerprint density at radius 2 is 1.81 bits per heavy atom. The second kappa shape index (κ2) is 11.1. The van der Waals surface area contributed by atoms with Gasteiger partial charge in [0.2, 0.25) is 12.6 Å². The third kappa shape index (κ3) is 5.27. The maximum atomic E-state index is 12.8. The molecule has 0 aromatic carbocycles. The molecule has 0 aromatic rings. The van der Waals surface area contributed by atoms with Crippen molar-refractivity contribution in [3.8, 4) is 0 Å². The van der Waals surface area contributed by atoms with Crippen LogP contribution in [0.25, 0.3) is 0 Å². The Morgan fingerprint density at radius 3 is 2.39 bits per heavy atom. The number of carbonyl (C=O) groups excluding carboxylic acids is 3. The Labute approximate surface area is 215 Å². The molecule has 0 radical (unpaired) electrons. The molecule has 3 rings (SSSR count). The molecular formula is C29H44O7. The Balaban J connectivity index is 2.08. The van der Waals surface area contributed by atoms with Crippen LogP contribution in [0.2, 0.25) is 0 Å². The standard InChI is InChI=1S/C29H44O7/c1-9-17(3)11-13-28(8)19(5)12-14-29-23(26(33-20(6)30)36-27(29)34-21(7)31)15-22(16-24(28)29)35-25(32)18(4)10-2/h9,18-19,22-24,26-27H,1,3,10-16H2,2,4-8H3/t18-,19-,22+,23+,24+,26+,27+,28-,29-/m1/s1. The molecule has 36 heavy (non-hydrogen) atoms. The quantitative estimate of drug-likeness (QED) is 0.225. The Hall–Kier alpha value is -2.15. The first-order valence-electron chi connectivity index (χ1n) is 13.4. The summed E-state index contributed by atoms with van der Waals surface area (Å²) in [6, 6.07) is 0. The largest absolute Gasteiger partial charge is 0.462 e. The number of hydrogen-bond donors (Lipinski definition) is 0. The van der Waals surface area contributed by atoms with E-state index in [1.165, 1.54) is 13.8 Å². The molecule has 0 bridgehead atoms. The van der Waals surface area contributed by atoms with Crippen LogP contribution in [-0.2, 0) is 33.3 Å². The summed E-state index contributed by atoms with van der Waals surface area (Å²) in [5.41, 5.74) is 0.269. The van der Waals surface area contributed by atoms with E-state index in [4.69, 9.17) is 18.9 Å². The number of allylic oxidation sites excluding steroid dienone is 2. The van der Waals surface area contributed by atoms with E-state index >= 15 is 0 Å². The van der Waals surface area contributed by atoms with Gasteiger partial charge >= 0.3 is 17.9 Å². The molecule has 2 saturated carbocycles. The average Bonchev–Trinajstić information content (AvgIpc) is 3.10. The first-order chi connectivity index (χ1) is 16.9. The zero-order valence-corrected chi connectivity index (χ0v) is 22.8. The molecule has 3 aliphatic rings. The molecule has 3 fully saturated rings. The van der Waals surface area contributed by atoms with Crippen LogP contribution in [0.4, 0.5) is 0 Å². The molecule has 202 valence electrons. The van der Waals surface area contributed by atoms with Gasteiger partial charge in [0.15, 0.2) is 0 Å². The normalized spacial score (nSPS) is 38.2. The number of esters is 3. The fraction of sp³-hybridized carbons (Fsp3) is 0.759. The van der Waals surface area contributed by atoms with E-state index in [0.29, 0.717) is 25.2 Å². The summed E-state index contributed by atoms with van der Waals surface area (Å²) < 4.78 is 23.7. The average molecular weight is 505 g/mol. The van der Waals surface area contributed by atoms with Crippen molar-refractivity contribution in [3.63, 3.8) is 0 Å². The highest BCUT2D eigenvalue weighted by Gasteiger charge is 2.70. The van der Waals surface area contributed by atoms with Gasteiger partial charge in [-0.3, -0.25) is 14.4 Å². The second-order valence-corrected chi connectivity index (χ2v) is 11.5. The van der Waals surface area contributed by atoms with Gasteiger partial charge in [-0.1, -0.05) is 52.5 Å². The lowest BCUT2D eigenvalue weighted by molar-refractivity contribution is -0.238. The molecule has 1 spiro atoms. The number of carbonyl (C=O) groups is 3. The lowest BCUT2D eigenvalue weighted by Crippen LogP contribution is -2.60. The van der Waals surface area contributed by atoms with Crippen molar-refractivity contribution in [2.45, 2.75) is 105 Å². The van der Waals surface area contributed by atoms with Gasteiger partial charge in [0.25, 0.3) is 0 Å². The predicted molar refractivity (Wildman–Crippen MR) is 135 cm³/mol. The van der Waals surface area contributed by atoms with Gasteiger partial charge in [-0.25, -0.2) is 0 Å². The molecule has 0 aromatic heterocycles. The number of ether oxygens (including phenoxy) is 4. The van der Waals surface area contributed by atoms with Crippen molar-refractivity contribution in [2.75, 3.05) is 0 Å². The summed E-state index contributed by atoms with van der Waals surface area (Å²) in [5.74, 6) is -1.15. The minimum atomic E-state index is -0.861. The third-order valence-electron chi connectivity index (χ3n) is 9.44. The summed E-state index contributed by atoms with van der Waals surface area (Å²) in [4.78, 5) is 37.0. The molecule has 0 unspecified atom stereocenters. The van der Waals surface area contributed by atoms with Crippen molar-refractivity contribution < 1.29 is 33.3 Å². The summed E-state index contributed by atoms with van der Waals surface area (Å²) in [6.07, 6.45) is 5.00. The molecule has 0 N–H and O–H groups in total. The van der Waals surface area contributed by atoms with Gasteiger partial charge in [-0.2, -0.15) is 0 Å². The minimum Gasteiger partial charge on any atom is -0.462 e. The summed E-state index contributed by atoms with van der Waals surface area (Å²) in [7, 11) is 0. The molecule has 1 aliphatic heterocycles. The van der Waals surface area contributed by atoms with Crippen molar-refractivity contribution >= 4 is 17.9 Å². The fourth-order valence-electron chi connectivity index (χ4n) is 6.94. The van der Waals surface area contributed by atoms with Gasteiger partial charge < -0.3 is 18.9 Å². The highest BCUT2D eigenvalue weighted by atomic mass is 16.8. The van der Waals surface area contributed by atoms with Crippen LogP contribution in [0.5, 0.6) is 0 Å². The van der Waals surface area contributed by atoms with Gasteiger partial charge in [-0.15, -0.1) is 0 Å². The van der Waals surface area contributed by atoms with Crippen LogP contribution in [0.1, 0.15) is 86.5 Å². The van der Waals surface area contributed by atoms with Gasteiger partial charge in [0.05, 0.1) is 5.92 Å². The van der Waals surface area contributed by atoms with Crippen molar-refractivity contribution in [1.82, 2.24) is 0 Å². The molecule has 1 saturated heterocycles. The lowest BCUT2D eigenvalue weighted by atomic mass is 9.43. The highest BCUT2D eigenvalue weighted by Crippen LogP contribution is 2.68. The Kier molecular flexibility index (Phi) is 8.74. The van der Waals surface area contributed by atoms with E-state index in [2.05, 4.69) is 27.0 Å². The van der Waals surface area contributed by atoms with Gasteiger partial charge in [-0.05, 0) is 62.2 Å². The van der Waals surface area contributed by atoms with E-state index in [9.17, 15) is 14.4 Å². The molecule has 7 heteroatoms. The maximum Gasteiger partial charge on any atom is 0.308 e. The Bertz CT molecular complexity index is 881. The molecule has 7 nitrogen and oxygen atoms in total. The summed E-state index contributed by atoms with van der Waals surface area (Å²) in [5, 5.41) is 0. The van der Waals surface area contributed by atoms with Crippen molar-refractivity contribution in [2.24, 2.45) is 34.5 Å². The van der Waals surface area contributed by atoms with E-state index in [0.717, 1.165) is 31.3 Å². The van der Waals surface area contributed by atoms with Crippen molar-refractivity contribution in [3.05, 3.63) is 24.8 Å². The monoisotopic (exact) mass is 504 g/mol. The molecule has 1 heterocycles. The van der Waals surface area contributed by atoms with E-state index < -0.39 is 29.9 Å². The molecular weight excluding hydrogens is 460 g/mol. The second-order valence-electron chi connectivity index (χ2n) is 11.5. The van der Waals surface area contributed by atoms with Crippen LogP contribution >= 0.6 is 0 Å². The minimum absolute atomic E-state index is 0.0183. The van der Waals surface area contributed by atoms with E-state index in [-0.39, 0.29) is 35.2 Å². The maximum absolute atomic E-state index is 12.8. The zero-order valence-electron chi connectivity index (χ0n) is 22.8. The number of rotatable bonds is 9. The topological polar surface area (TPSA) is 88.1 Å². The van der Waals surface area contributed by atoms with Crippen LogP contribution in [-0.4, -0.2) is 36.6 Å². The van der Waals surface area contributed by atoms with Crippen molar-refractivity contribution in [1.29, 1.82) is 0 Å². The molecule has 9 atom stereocenters. The Morgan fingerprint density at radius 1 is 1.14 bits per heavy atom. The van der Waals surface area contributed by atoms with Crippen LogP contribution in [0.3, 0.4) is 0 Å². The fourth-order valence-corrected chi connectivity index (χ4v) is 6.94. The van der Waals surface area contributed by atoms with E-state index in [1.54, 1.807) is 6.08 Å². The van der Waals surface area contributed by atoms with E-state index in [1.807, 2.05) is 13.8 Å². The van der Waals surface area contributed by atoms with Crippen LogP contribution in [0.15, 0.2) is 24.8 Å². The highest BCUT2D eigenvalue weighted by molar-refractivity contribution is 5.72. The first kappa shape index (κ1) is 28.4. The van der Waals surface area contributed by atoms with Crippen LogP contribution < -0.4 is 0 Å². The molecule has 0 amide bonds. The SMILES string of the molecule is C=CC(=C)CC[C@]1(C)[C@H](C)CC[C@@]23[C@@H](OC(C)=O)O[C@H](OC(C)=O)[C@@H]2C[C@H](OC(=O)[C@H](C)CC)C[C@@H]13. The van der Waals surface area contributed by atoms with Gasteiger partial charge in [0, 0.05) is 25.2 Å². The third-order valence-corrected chi connectivity index (χ3v) is 9.44. The first-order valence-corrected chi connectivity index (χ1v) is 13.4. The smallest absolute Gasteiger partial charge is 0.308 e. The number of hydrogen-bond acceptors (Lipinski definition) is 7. The molecule has 2 aliphatic carbocycles. The lowest BCUT2D eigenvalue weighted by Gasteiger charge is -2.61.